The summed E-state index contributed by atoms with van der Waals surface area (Å²) in [5.74, 6) is 0.629. The summed E-state index contributed by atoms with van der Waals surface area (Å²) < 4.78 is 0. The van der Waals surface area contributed by atoms with Crippen LogP contribution in [0.2, 0.25) is 0 Å². The van der Waals surface area contributed by atoms with Crippen molar-refractivity contribution in [2.24, 2.45) is 5.92 Å². The molecule has 1 aromatic rings. The van der Waals surface area contributed by atoms with Gasteiger partial charge in [0.25, 0.3) is 5.69 Å². The Bertz CT molecular complexity index is 490. The van der Waals surface area contributed by atoms with Gasteiger partial charge in [0, 0.05) is 29.9 Å². The van der Waals surface area contributed by atoms with E-state index >= 15 is 0 Å². The molecule has 2 unspecified atom stereocenters. The highest BCUT2D eigenvalue weighted by molar-refractivity contribution is 5.54. The SMILES string of the molecule is Cc1cc(NC(C)C2CCCN(C)C2)ccc1[N+](=O)[O-]. The van der Waals surface area contributed by atoms with Crippen molar-refractivity contribution in [3.63, 3.8) is 0 Å². The first-order valence-electron chi connectivity index (χ1n) is 7.17. The molecular weight excluding hydrogens is 254 g/mol. The molecule has 20 heavy (non-hydrogen) atoms. The van der Waals surface area contributed by atoms with Gasteiger partial charge in [-0.1, -0.05) is 0 Å². The van der Waals surface area contributed by atoms with E-state index in [9.17, 15) is 10.1 Å². The van der Waals surface area contributed by atoms with E-state index in [4.69, 9.17) is 0 Å². The second-order valence-corrected chi connectivity index (χ2v) is 5.86. The van der Waals surface area contributed by atoms with Crippen molar-refractivity contribution in [1.29, 1.82) is 0 Å². The molecule has 5 heteroatoms. The fourth-order valence-corrected chi connectivity index (χ4v) is 2.95. The van der Waals surface area contributed by atoms with Crippen LogP contribution in [-0.2, 0) is 0 Å². The Labute approximate surface area is 120 Å². The standard InChI is InChI=1S/C15H23N3O2/c1-11-9-14(6-7-15(11)18(19)20)16-12(2)13-5-4-8-17(3)10-13/h6-7,9,12-13,16H,4-5,8,10H2,1-3H3. The van der Waals surface area contributed by atoms with Crippen LogP contribution in [0.5, 0.6) is 0 Å². The third kappa shape index (κ3) is 3.48. The van der Waals surface area contributed by atoms with Crippen LogP contribution in [0.3, 0.4) is 0 Å². The fourth-order valence-electron chi connectivity index (χ4n) is 2.95. The van der Waals surface area contributed by atoms with Crippen LogP contribution in [0, 0.1) is 23.0 Å². The van der Waals surface area contributed by atoms with Crippen LogP contribution in [0.4, 0.5) is 11.4 Å². The van der Waals surface area contributed by atoms with E-state index in [-0.39, 0.29) is 10.6 Å². The summed E-state index contributed by atoms with van der Waals surface area (Å²) in [6.45, 7) is 6.27. The van der Waals surface area contributed by atoms with Gasteiger partial charge in [0.2, 0.25) is 0 Å². The number of nitrogens with one attached hydrogen (secondary N) is 1. The molecule has 0 aromatic heterocycles. The zero-order chi connectivity index (χ0) is 14.7. The maximum atomic E-state index is 10.8. The van der Waals surface area contributed by atoms with Gasteiger partial charge in [0.15, 0.2) is 0 Å². The Kier molecular flexibility index (Phi) is 4.60. The van der Waals surface area contributed by atoms with E-state index in [2.05, 4.69) is 24.2 Å². The molecule has 1 aliphatic rings. The van der Waals surface area contributed by atoms with Gasteiger partial charge in [0.05, 0.1) is 4.92 Å². The first kappa shape index (κ1) is 14.8. The van der Waals surface area contributed by atoms with E-state index in [1.165, 1.54) is 19.4 Å². The maximum absolute atomic E-state index is 10.8. The summed E-state index contributed by atoms with van der Waals surface area (Å²) in [5.41, 5.74) is 1.85. The lowest BCUT2D eigenvalue weighted by atomic mass is 9.91. The molecule has 1 fully saturated rings. The molecular formula is C15H23N3O2. The van der Waals surface area contributed by atoms with Gasteiger partial charge < -0.3 is 10.2 Å². The quantitative estimate of drug-likeness (QED) is 0.679. The first-order valence-corrected chi connectivity index (χ1v) is 7.17. The molecule has 1 aliphatic heterocycles. The van der Waals surface area contributed by atoms with E-state index < -0.39 is 0 Å². The van der Waals surface area contributed by atoms with Crippen molar-refractivity contribution in [2.45, 2.75) is 32.7 Å². The van der Waals surface area contributed by atoms with Gasteiger partial charge in [-0.2, -0.15) is 0 Å². The Hall–Kier alpha value is -1.62. The van der Waals surface area contributed by atoms with Crippen LogP contribution in [0.15, 0.2) is 18.2 Å². The third-order valence-electron chi connectivity index (χ3n) is 4.16. The average Bonchev–Trinajstić information content (AvgIpc) is 2.38. The van der Waals surface area contributed by atoms with Gasteiger partial charge in [-0.3, -0.25) is 10.1 Å². The molecule has 0 saturated carbocycles. The number of nitro groups is 1. The number of likely N-dealkylation sites (tertiary alicyclic amines) is 1. The second kappa shape index (κ2) is 6.22. The van der Waals surface area contributed by atoms with Crippen molar-refractivity contribution in [1.82, 2.24) is 4.90 Å². The monoisotopic (exact) mass is 277 g/mol. The highest BCUT2D eigenvalue weighted by atomic mass is 16.6. The largest absolute Gasteiger partial charge is 0.382 e. The van der Waals surface area contributed by atoms with Crippen LogP contribution in [0.25, 0.3) is 0 Å². The van der Waals surface area contributed by atoms with Crippen LogP contribution in [0.1, 0.15) is 25.3 Å². The van der Waals surface area contributed by atoms with Crippen molar-refractivity contribution in [2.75, 3.05) is 25.5 Å². The molecule has 110 valence electrons. The number of hydrogen-bond donors (Lipinski definition) is 1. The zero-order valence-corrected chi connectivity index (χ0v) is 12.4. The molecule has 1 N–H and O–H groups in total. The van der Waals surface area contributed by atoms with Crippen molar-refractivity contribution >= 4 is 11.4 Å². The number of rotatable bonds is 4. The maximum Gasteiger partial charge on any atom is 0.272 e. The highest BCUT2D eigenvalue weighted by Crippen LogP contribution is 2.25. The van der Waals surface area contributed by atoms with E-state index in [0.29, 0.717) is 17.5 Å². The lowest BCUT2D eigenvalue weighted by Gasteiger charge is -2.34. The van der Waals surface area contributed by atoms with Gasteiger partial charge in [-0.25, -0.2) is 0 Å². The van der Waals surface area contributed by atoms with Crippen LogP contribution in [-0.4, -0.2) is 36.0 Å². The Morgan fingerprint density at radius 2 is 2.25 bits per heavy atom. The summed E-state index contributed by atoms with van der Waals surface area (Å²) in [5, 5.41) is 14.3. The van der Waals surface area contributed by atoms with Crippen molar-refractivity contribution < 1.29 is 4.92 Å². The number of benzene rings is 1. The molecule has 2 atom stereocenters. The predicted octanol–water partition coefficient (Wildman–Crippen LogP) is 3.05. The smallest absolute Gasteiger partial charge is 0.272 e. The number of anilines is 1. The van der Waals surface area contributed by atoms with E-state index in [1.807, 2.05) is 6.07 Å². The molecule has 0 amide bonds. The normalized spacial score (nSPS) is 21.4. The number of hydrogen-bond acceptors (Lipinski definition) is 4. The lowest BCUT2D eigenvalue weighted by molar-refractivity contribution is -0.385. The molecule has 1 aromatic carbocycles. The van der Waals surface area contributed by atoms with Crippen LogP contribution < -0.4 is 5.32 Å². The summed E-state index contributed by atoms with van der Waals surface area (Å²) in [6, 6.07) is 5.62. The molecule has 0 radical (unpaired) electrons. The summed E-state index contributed by atoms with van der Waals surface area (Å²) in [6.07, 6.45) is 2.48. The predicted molar refractivity (Wildman–Crippen MR) is 81.1 cm³/mol. The lowest BCUT2D eigenvalue weighted by Crippen LogP contribution is -2.39. The second-order valence-electron chi connectivity index (χ2n) is 5.86. The Morgan fingerprint density at radius 3 is 2.85 bits per heavy atom. The number of piperidine rings is 1. The summed E-state index contributed by atoms with van der Waals surface area (Å²) in [7, 11) is 2.16. The third-order valence-corrected chi connectivity index (χ3v) is 4.16. The van der Waals surface area contributed by atoms with Crippen molar-refractivity contribution in [3.8, 4) is 0 Å². The highest BCUT2D eigenvalue weighted by Gasteiger charge is 2.23. The molecule has 0 aliphatic carbocycles. The van der Waals surface area contributed by atoms with E-state index in [0.717, 1.165) is 12.2 Å². The summed E-state index contributed by atoms with van der Waals surface area (Å²) in [4.78, 5) is 12.9. The minimum absolute atomic E-state index is 0.181. The van der Waals surface area contributed by atoms with Gasteiger partial charge in [-0.15, -0.1) is 0 Å². The Balaban J connectivity index is 2.02. The first-order chi connectivity index (χ1) is 9.47. The molecule has 0 spiro atoms. The Morgan fingerprint density at radius 1 is 1.50 bits per heavy atom. The topological polar surface area (TPSA) is 58.4 Å². The van der Waals surface area contributed by atoms with Gasteiger partial charge in [-0.05, 0) is 58.3 Å². The van der Waals surface area contributed by atoms with Gasteiger partial charge in [0.1, 0.15) is 0 Å². The number of nitrogens with zero attached hydrogens (tertiary/aromatic N) is 2. The minimum atomic E-state index is -0.335. The van der Waals surface area contributed by atoms with Crippen molar-refractivity contribution in [3.05, 3.63) is 33.9 Å². The zero-order valence-electron chi connectivity index (χ0n) is 12.4. The van der Waals surface area contributed by atoms with E-state index in [1.54, 1.807) is 19.1 Å². The molecule has 1 saturated heterocycles. The average molecular weight is 277 g/mol. The fraction of sp³-hybridized carbons (Fsp3) is 0.600. The number of aryl methyl sites for hydroxylation is 1. The molecule has 2 rings (SSSR count). The van der Waals surface area contributed by atoms with Crippen LogP contribution >= 0.6 is 0 Å². The minimum Gasteiger partial charge on any atom is -0.382 e. The van der Waals surface area contributed by atoms with Gasteiger partial charge >= 0.3 is 0 Å². The summed E-state index contributed by atoms with van der Waals surface area (Å²) >= 11 is 0. The molecule has 1 heterocycles. The number of nitro benzene ring substituents is 1. The molecule has 0 bridgehead atoms. The molecule has 5 nitrogen and oxygen atoms in total.